The second-order valence-electron chi connectivity index (χ2n) is 11.2. The lowest BCUT2D eigenvalue weighted by atomic mass is 9.57. The molecular formula is C25H22ClF6N7. The fraction of sp³-hybridized carbons (Fsp3) is 0.520. The fourth-order valence-electron chi connectivity index (χ4n) is 6.48. The van der Waals surface area contributed by atoms with Crippen molar-refractivity contribution < 1.29 is 26.3 Å². The molecule has 0 amide bonds. The van der Waals surface area contributed by atoms with Gasteiger partial charge in [-0.1, -0.05) is 11.6 Å². The molecule has 4 heterocycles. The molecule has 2 aromatic heterocycles. The van der Waals surface area contributed by atoms with E-state index in [0.29, 0.717) is 35.3 Å². The second-order valence-corrected chi connectivity index (χ2v) is 11.6. The normalized spacial score (nSPS) is 22.1. The Bertz CT molecular complexity index is 1450. The number of aromatic nitrogens is 5. The van der Waals surface area contributed by atoms with Gasteiger partial charge in [-0.05, 0) is 55.5 Å². The minimum atomic E-state index is -4.54. The predicted octanol–water partition coefficient (Wildman–Crippen LogP) is 5.52. The van der Waals surface area contributed by atoms with E-state index in [9.17, 15) is 26.3 Å². The molecule has 0 radical (unpaired) electrons. The summed E-state index contributed by atoms with van der Waals surface area (Å²) in [6, 6.07) is 6.06. The van der Waals surface area contributed by atoms with Gasteiger partial charge in [0.25, 0.3) is 0 Å². The van der Waals surface area contributed by atoms with Crippen LogP contribution in [0.2, 0.25) is 5.02 Å². The topological polar surface area (TPSA) is 63.0 Å². The number of benzene rings is 1. The molecule has 1 aromatic carbocycles. The molecule has 2 aliphatic heterocycles. The van der Waals surface area contributed by atoms with E-state index in [1.807, 2.05) is 4.57 Å². The first-order chi connectivity index (χ1) is 18.4. The molecule has 3 fully saturated rings. The standard InChI is InChI=1S/C25H22ClF6N7/c26-16-1-2-17-14(7-16)10-38(23(4-5-23)25(30,31)32)11-19-35-36-20(39(17)19)15-8-22(9-15)12-37(13-22)21-33-6-3-18(34-21)24(27,28)29/h1-3,6-7,15H,4-5,8-13H2. The van der Waals surface area contributed by atoms with Crippen molar-refractivity contribution in [2.45, 2.75) is 62.6 Å². The molecule has 0 atom stereocenters. The lowest BCUT2D eigenvalue weighted by Gasteiger charge is -2.58. The zero-order valence-corrected chi connectivity index (χ0v) is 21.2. The molecule has 0 bridgehead atoms. The maximum atomic E-state index is 14.0. The van der Waals surface area contributed by atoms with Crippen LogP contribution in [0.25, 0.3) is 5.69 Å². The van der Waals surface area contributed by atoms with Gasteiger partial charge in [-0.25, -0.2) is 9.97 Å². The number of halogens is 7. The molecule has 1 spiro atoms. The molecule has 14 heteroatoms. The third-order valence-corrected chi connectivity index (χ3v) is 8.82. The van der Waals surface area contributed by atoms with Crippen molar-refractivity contribution in [3.63, 3.8) is 0 Å². The Labute approximate surface area is 223 Å². The van der Waals surface area contributed by atoms with Crippen LogP contribution in [0.3, 0.4) is 0 Å². The molecule has 0 unspecified atom stereocenters. The Balaban J connectivity index is 1.13. The van der Waals surface area contributed by atoms with E-state index in [4.69, 9.17) is 11.6 Å². The molecule has 0 N–H and O–H groups in total. The van der Waals surface area contributed by atoms with E-state index in [1.54, 1.807) is 23.1 Å². The van der Waals surface area contributed by atoms with Crippen LogP contribution in [-0.2, 0) is 19.3 Å². The summed E-state index contributed by atoms with van der Waals surface area (Å²) in [6.45, 7) is 1.16. The quantitative estimate of drug-likeness (QED) is 0.387. The number of fused-ring (bicyclic) bond motifs is 3. The minimum absolute atomic E-state index is 0.0112. The molecule has 39 heavy (non-hydrogen) atoms. The number of hydrogen-bond donors (Lipinski definition) is 0. The highest BCUT2D eigenvalue weighted by Gasteiger charge is 2.67. The van der Waals surface area contributed by atoms with Gasteiger partial charge in [-0.2, -0.15) is 26.3 Å². The highest BCUT2D eigenvalue weighted by atomic mass is 35.5. The van der Waals surface area contributed by atoms with Gasteiger partial charge in [0.15, 0.2) is 5.82 Å². The average molecular weight is 570 g/mol. The predicted molar refractivity (Wildman–Crippen MR) is 127 cm³/mol. The lowest BCUT2D eigenvalue weighted by molar-refractivity contribution is -0.200. The summed E-state index contributed by atoms with van der Waals surface area (Å²) < 4.78 is 83.1. The summed E-state index contributed by atoms with van der Waals surface area (Å²) in [5.74, 6) is 1.21. The van der Waals surface area contributed by atoms with Crippen molar-refractivity contribution in [3.8, 4) is 5.69 Å². The minimum Gasteiger partial charge on any atom is -0.340 e. The van der Waals surface area contributed by atoms with Gasteiger partial charge in [0.2, 0.25) is 5.95 Å². The molecule has 3 aromatic rings. The Morgan fingerprint density at radius 2 is 1.69 bits per heavy atom. The van der Waals surface area contributed by atoms with Crippen molar-refractivity contribution in [1.29, 1.82) is 0 Å². The molecule has 206 valence electrons. The van der Waals surface area contributed by atoms with Crippen LogP contribution in [0.1, 0.15) is 54.5 Å². The van der Waals surface area contributed by atoms with Crippen LogP contribution in [0.15, 0.2) is 30.5 Å². The van der Waals surface area contributed by atoms with Crippen LogP contribution in [0.5, 0.6) is 0 Å². The molecule has 1 saturated heterocycles. The fourth-order valence-corrected chi connectivity index (χ4v) is 6.68. The molecule has 4 aliphatic rings. The van der Waals surface area contributed by atoms with Crippen molar-refractivity contribution in [2.75, 3.05) is 18.0 Å². The zero-order chi connectivity index (χ0) is 27.4. The first kappa shape index (κ1) is 25.1. The average Bonchev–Trinajstić information content (AvgIpc) is 3.56. The molecule has 7 nitrogen and oxygen atoms in total. The van der Waals surface area contributed by atoms with Gasteiger partial charge < -0.3 is 4.90 Å². The Hall–Kier alpha value is -2.93. The molecular weight excluding hydrogens is 548 g/mol. The van der Waals surface area contributed by atoms with Crippen LogP contribution in [0, 0.1) is 5.41 Å². The van der Waals surface area contributed by atoms with Crippen LogP contribution in [-0.4, -0.2) is 54.4 Å². The largest absolute Gasteiger partial charge is 0.433 e. The van der Waals surface area contributed by atoms with Crippen molar-refractivity contribution in [3.05, 3.63) is 58.4 Å². The number of rotatable bonds is 3. The second kappa shape index (κ2) is 8.06. The van der Waals surface area contributed by atoms with Crippen LogP contribution in [0.4, 0.5) is 32.3 Å². The first-order valence-corrected chi connectivity index (χ1v) is 13.0. The summed E-state index contributed by atoms with van der Waals surface area (Å²) in [5.41, 5.74) is -1.53. The van der Waals surface area contributed by atoms with E-state index in [0.717, 1.165) is 30.8 Å². The number of nitrogens with zero attached hydrogens (tertiary/aromatic N) is 7. The Morgan fingerprint density at radius 3 is 2.36 bits per heavy atom. The summed E-state index contributed by atoms with van der Waals surface area (Å²) in [7, 11) is 0. The highest BCUT2D eigenvalue weighted by Crippen LogP contribution is 2.58. The van der Waals surface area contributed by atoms with Crippen LogP contribution < -0.4 is 4.90 Å². The van der Waals surface area contributed by atoms with E-state index in [1.165, 1.54) is 4.90 Å². The smallest absolute Gasteiger partial charge is 0.340 e. The van der Waals surface area contributed by atoms with Gasteiger partial charge in [0.05, 0.1) is 12.2 Å². The van der Waals surface area contributed by atoms with E-state index in [2.05, 4.69) is 20.2 Å². The number of anilines is 1. The summed E-state index contributed by atoms with van der Waals surface area (Å²) in [6.07, 6.45) is -6.22. The summed E-state index contributed by atoms with van der Waals surface area (Å²) in [4.78, 5) is 10.9. The lowest BCUT2D eigenvalue weighted by Crippen LogP contribution is -2.62. The van der Waals surface area contributed by atoms with Gasteiger partial charge in [-0.3, -0.25) is 9.47 Å². The van der Waals surface area contributed by atoms with Crippen molar-refractivity contribution in [2.24, 2.45) is 5.41 Å². The maximum Gasteiger partial charge on any atom is 0.433 e. The van der Waals surface area contributed by atoms with Crippen molar-refractivity contribution >= 4 is 17.5 Å². The number of hydrogen-bond acceptors (Lipinski definition) is 6. The molecule has 7 rings (SSSR count). The molecule has 2 aliphatic carbocycles. The van der Waals surface area contributed by atoms with Gasteiger partial charge in [0.1, 0.15) is 17.1 Å². The van der Waals surface area contributed by atoms with Gasteiger partial charge in [-0.15, -0.1) is 10.2 Å². The monoisotopic (exact) mass is 569 g/mol. The SMILES string of the molecule is FC(F)(F)c1ccnc(N2CC3(CC(c4nnc5n4-c4ccc(Cl)cc4CN(C4(C(F)(F)F)CC4)C5)C3)C2)n1. The van der Waals surface area contributed by atoms with Gasteiger partial charge >= 0.3 is 12.4 Å². The summed E-state index contributed by atoms with van der Waals surface area (Å²) >= 11 is 6.24. The number of alkyl halides is 6. The molecule has 2 saturated carbocycles. The zero-order valence-electron chi connectivity index (χ0n) is 20.4. The van der Waals surface area contributed by atoms with E-state index < -0.39 is 23.6 Å². The van der Waals surface area contributed by atoms with Crippen LogP contribution >= 0.6 is 11.6 Å². The Morgan fingerprint density at radius 1 is 0.949 bits per heavy atom. The highest BCUT2D eigenvalue weighted by molar-refractivity contribution is 6.30. The van der Waals surface area contributed by atoms with E-state index in [-0.39, 0.29) is 43.2 Å². The van der Waals surface area contributed by atoms with E-state index >= 15 is 0 Å². The maximum absolute atomic E-state index is 14.0. The Kier molecular flexibility index (Phi) is 5.18. The van der Waals surface area contributed by atoms with Crippen molar-refractivity contribution in [1.82, 2.24) is 29.6 Å². The van der Waals surface area contributed by atoms with Gasteiger partial charge in [0, 0.05) is 42.2 Å². The third kappa shape index (κ3) is 3.91. The summed E-state index contributed by atoms with van der Waals surface area (Å²) in [5, 5.41) is 9.21. The third-order valence-electron chi connectivity index (χ3n) is 8.58. The first-order valence-electron chi connectivity index (χ1n) is 12.6.